The first-order valence-electron chi connectivity index (χ1n) is 10.7. The van der Waals surface area contributed by atoms with Crippen LogP contribution < -0.4 is 15.4 Å². The quantitative estimate of drug-likeness (QED) is 0.735. The number of fused-ring (bicyclic) bond motifs is 1. The number of rotatable bonds is 3. The molecule has 0 aromatic heterocycles. The predicted molar refractivity (Wildman–Crippen MR) is 112 cm³/mol. The summed E-state index contributed by atoms with van der Waals surface area (Å²) in [6.45, 7) is 2.49. The molecule has 1 fully saturated rings. The Hall–Kier alpha value is -3.03. The van der Waals surface area contributed by atoms with Gasteiger partial charge in [0.15, 0.2) is 0 Å². The SMILES string of the molecule is Cc1ccc2c(c1)C(=O)NCC1(CCC(C(=O)NCc3ccc(C(F)(F)F)cc3)CC1)O2. The molecule has 2 aromatic rings. The van der Waals surface area contributed by atoms with Crippen molar-refractivity contribution in [3.8, 4) is 5.75 Å². The Morgan fingerprint density at radius 2 is 1.84 bits per heavy atom. The molecule has 2 N–H and O–H groups in total. The molecule has 8 heteroatoms. The second-order valence-corrected chi connectivity index (χ2v) is 8.65. The summed E-state index contributed by atoms with van der Waals surface area (Å²) in [5.41, 5.74) is 0.864. The number of hydrogen-bond donors (Lipinski definition) is 2. The molecule has 1 saturated carbocycles. The lowest BCUT2D eigenvalue weighted by Crippen LogP contribution is -2.49. The summed E-state index contributed by atoms with van der Waals surface area (Å²) in [5, 5.41) is 5.78. The summed E-state index contributed by atoms with van der Waals surface area (Å²) >= 11 is 0. The van der Waals surface area contributed by atoms with Crippen molar-refractivity contribution in [3.63, 3.8) is 0 Å². The van der Waals surface area contributed by atoms with Crippen LogP contribution in [0.25, 0.3) is 0 Å². The lowest BCUT2D eigenvalue weighted by molar-refractivity contribution is -0.137. The number of ether oxygens (including phenoxy) is 1. The molecule has 2 aliphatic rings. The second-order valence-electron chi connectivity index (χ2n) is 8.65. The normalized spacial score (nSPS) is 23.0. The smallest absolute Gasteiger partial charge is 0.416 e. The Bertz CT molecular complexity index is 1010. The van der Waals surface area contributed by atoms with E-state index in [2.05, 4.69) is 10.6 Å². The molecule has 0 bridgehead atoms. The molecular weight excluding hydrogens is 421 g/mol. The van der Waals surface area contributed by atoms with Crippen molar-refractivity contribution in [1.29, 1.82) is 0 Å². The summed E-state index contributed by atoms with van der Waals surface area (Å²) in [6, 6.07) is 10.3. The van der Waals surface area contributed by atoms with Crippen LogP contribution >= 0.6 is 0 Å². The number of amides is 2. The molecule has 170 valence electrons. The van der Waals surface area contributed by atoms with Crippen LogP contribution in [0.5, 0.6) is 5.75 Å². The van der Waals surface area contributed by atoms with Crippen LogP contribution in [0.1, 0.15) is 52.7 Å². The van der Waals surface area contributed by atoms with Crippen LogP contribution in [-0.2, 0) is 17.5 Å². The molecule has 0 saturated heterocycles. The highest BCUT2D eigenvalue weighted by molar-refractivity contribution is 5.97. The van der Waals surface area contributed by atoms with E-state index in [4.69, 9.17) is 4.74 Å². The van der Waals surface area contributed by atoms with Gasteiger partial charge in [-0.25, -0.2) is 0 Å². The maximum absolute atomic E-state index is 12.7. The van der Waals surface area contributed by atoms with Crippen molar-refractivity contribution in [2.45, 2.75) is 50.9 Å². The van der Waals surface area contributed by atoms with Gasteiger partial charge in [0.25, 0.3) is 5.91 Å². The number of hydrogen-bond acceptors (Lipinski definition) is 3. The van der Waals surface area contributed by atoms with Crippen LogP contribution in [-0.4, -0.2) is 24.0 Å². The highest BCUT2D eigenvalue weighted by atomic mass is 19.4. The topological polar surface area (TPSA) is 67.4 Å². The average Bonchev–Trinajstić information content (AvgIpc) is 2.89. The zero-order valence-electron chi connectivity index (χ0n) is 17.7. The number of alkyl halides is 3. The van der Waals surface area contributed by atoms with E-state index in [9.17, 15) is 22.8 Å². The number of aryl methyl sites for hydroxylation is 1. The summed E-state index contributed by atoms with van der Waals surface area (Å²) < 4.78 is 44.3. The van der Waals surface area contributed by atoms with Gasteiger partial charge in [-0.1, -0.05) is 23.8 Å². The van der Waals surface area contributed by atoms with Crippen molar-refractivity contribution in [1.82, 2.24) is 10.6 Å². The molecule has 2 amide bonds. The van der Waals surface area contributed by atoms with Crippen molar-refractivity contribution in [2.24, 2.45) is 5.92 Å². The monoisotopic (exact) mass is 446 g/mol. The van der Waals surface area contributed by atoms with E-state index in [1.165, 1.54) is 12.1 Å². The molecule has 0 atom stereocenters. The highest BCUT2D eigenvalue weighted by Gasteiger charge is 2.42. The van der Waals surface area contributed by atoms with Crippen molar-refractivity contribution in [3.05, 3.63) is 64.7 Å². The Labute approximate surface area is 184 Å². The van der Waals surface area contributed by atoms with E-state index in [-0.39, 0.29) is 24.3 Å². The third-order valence-corrected chi connectivity index (χ3v) is 6.29. The molecule has 1 aliphatic heterocycles. The minimum Gasteiger partial charge on any atom is -0.485 e. The standard InChI is InChI=1S/C24H25F3N2O3/c1-15-2-7-20-19(12-15)22(31)29-14-23(32-20)10-8-17(9-11-23)21(30)28-13-16-3-5-18(6-4-16)24(25,26)27/h2-7,12,17H,8-11,13-14H2,1H3,(H,28,30)(H,29,31). The molecule has 4 rings (SSSR count). The third-order valence-electron chi connectivity index (χ3n) is 6.29. The molecule has 5 nitrogen and oxygen atoms in total. The Kier molecular flexibility index (Phi) is 5.88. The summed E-state index contributed by atoms with van der Waals surface area (Å²) in [6.07, 6.45) is -1.91. The number of carbonyl (C=O) groups excluding carboxylic acids is 2. The zero-order chi connectivity index (χ0) is 22.9. The van der Waals surface area contributed by atoms with Gasteiger partial charge in [0.2, 0.25) is 5.91 Å². The largest absolute Gasteiger partial charge is 0.485 e. The summed E-state index contributed by atoms with van der Waals surface area (Å²) in [5.74, 6) is 0.0938. The summed E-state index contributed by atoms with van der Waals surface area (Å²) in [7, 11) is 0. The average molecular weight is 446 g/mol. The molecule has 1 heterocycles. The van der Waals surface area contributed by atoms with Gasteiger partial charge < -0.3 is 15.4 Å². The molecule has 1 aliphatic carbocycles. The Morgan fingerprint density at radius 3 is 2.50 bits per heavy atom. The predicted octanol–water partition coefficient (Wildman–Crippen LogP) is 4.38. The highest BCUT2D eigenvalue weighted by Crippen LogP contribution is 2.38. The van der Waals surface area contributed by atoms with Gasteiger partial charge in [-0.05, 0) is 62.4 Å². The molecule has 1 spiro atoms. The van der Waals surface area contributed by atoms with Gasteiger partial charge >= 0.3 is 6.18 Å². The first kappa shape index (κ1) is 22.2. The molecule has 32 heavy (non-hydrogen) atoms. The summed E-state index contributed by atoms with van der Waals surface area (Å²) in [4.78, 5) is 25.1. The fourth-order valence-electron chi connectivity index (χ4n) is 4.35. The van der Waals surface area contributed by atoms with Crippen molar-refractivity contribution in [2.75, 3.05) is 6.54 Å². The Balaban J connectivity index is 1.33. The molecule has 2 aromatic carbocycles. The maximum Gasteiger partial charge on any atom is 0.416 e. The van der Waals surface area contributed by atoms with Crippen LogP contribution in [0.15, 0.2) is 42.5 Å². The van der Waals surface area contributed by atoms with E-state index in [1.807, 2.05) is 25.1 Å². The number of carbonyl (C=O) groups is 2. The van der Waals surface area contributed by atoms with Gasteiger partial charge in [-0.2, -0.15) is 13.2 Å². The van der Waals surface area contributed by atoms with Gasteiger partial charge in [-0.3, -0.25) is 9.59 Å². The van der Waals surface area contributed by atoms with Gasteiger partial charge in [0, 0.05) is 12.5 Å². The fourth-order valence-corrected chi connectivity index (χ4v) is 4.35. The minimum absolute atomic E-state index is 0.117. The molecule has 0 unspecified atom stereocenters. The van der Waals surface area contributed by atoms with Crippen LogP contribution in [0.2, 0.25) is 0 Å². The van der Waals surface area contributed by atoms with E-state index in [0.717, 1.165) is 17.7 Å². The maximum atomic E-state index is 12.7. The molecule has 0 radical (unpaired) electrons. The lowest BCUT2D eigenvalue weighted by Gasteiger charge is -2.39. The van der Waals surface area contributed by atoms with Crippen LogP contribution in [0.4, 0.5) is 13.2 Å². The number of halogens is 3. The zero-order valence-corrected chi connectivity index (χ0v) is 17.7. The Morgan fingerprint density at radius 1 is 1.16 bits per heavy atom. The first-order chi connectivity index (χ1) is 15.2. The van der Waals surface area contributed by atoms with Crippen LogP contribution in [0, 0.1) is 12.8 Å². The van der Waals surface area contributed by atoms with Crippen molar-refractivity contribution < 1.29 is 27.5 Å². The van der Waals surface area contributed by atoms with Crippen LogP contribution in [0.3, 0.4) is 0 Å². The van der Waals surface area contributed by atoms with Crippen molar-refractivity contribution >= 4 is 11.8 Å². The lowest BCUT2D eigenvalue weighted by atomic mass is 9.78. The number of nitrogens with one attached hydrogen (secondary N) is 2. The van der Waals surface area contributed by atoms with E-state index >= 15 is 0 Å². The van der Waals surface area contributed by atoms with E-state index < -0.39 is 17.3 Å². The van der Waals surface area contributed by atoms with E-state index in [0.29, 0.717) is 49.1 Å². The minimum atomic E-state index is -4.38. The molecular formula is C24H25F3N2O3. The van der Waals surface area contributed by atoms with Gasteiger partial charge in [0.05, 0.1) is 17.7 Å². The van der Waals surface area contributed by atoms with Gasteiger partial charge in [0.1, 0.15) is 11.4 Å². The third kappa shape index (κ3) is 4.74. The fraction of sp³-hybridized carbons (Fsp3) is 0.417. The second kappa shape index (κ2) is 8.48. The van der Waals surface area contributed by atoms with Gasteiger partial charge in [-0.15, -0.1) is 0 Å². The first-order valence-corrected chi connectivity index (χ1v) is 10.7. The number of benzene rings is 2. The van der Waals surface area contributed by atoms with E-state index in [1.54, 1.807) is 0 Å².